The topological polar surface area (TPSA) is 95.9 Å². The summed E-state index contributed by atoms with van der Waals surface area (Å²) >= 11 is 0. The summed E-state index contributed by atoms with van der Waals surface area (Å²) in [6.07, 6.45) is 0.851. The number of halogens is 2. The summed E-state index contributed by atoms with van der Waals surface area (Å²) in [5.74, 6) is -3.36. The molecule has 36 heavy (non-hydrogen) atoms. The van der Waals surface area contributed by atoms with Gasteiger partial charge in [-0.2, -0.15) is 0 Å². The molecule has 0 radical (unpaired) electrons. The molecule has 1 aliphatic carbocycles. The molecule has 7 nitrogen and oxygen atoms in total. The van der Waals surface area contributed by atoms with Crippen LogP contribution in [0.4, 0.5) is 14.5 Å². The van der Waals surface area contributed by atoms with E-state index in [0.717, 1.165) is 17.7 Å². The first-order valence-corrected chi connectivity index (χ1v) is 15.4. The molecule has 1 unspecified atom stereocenters. The minimum atomic E-state index is -2.29. The van der Waals surface area contributed by atoms with Gasteiger partial charge in [-0.15, -0.1) is 0 Å². The van der Waals surface area contributed by atoms with Gasteiger partial charge in [0.05, 0.1) is 15.2 Å². The number of anilines is 1. The van der Waals surface area contributed by atoms with Crippen molar-refractivity contribution in [3.63, 3.8) is 0 Å². The Hall–Kier alpha value is -3.27. The van der Waals surface area contributed by atoms with Crippen LogP contribution in [0, 0.1) is 23.5 Å². The molecule has 192 valence electrons. The van der Waals surface area contributed by atoms with Gasteiger partial charge in [0, 0.05) is 29.8 Å². The fourth-order valence-electron chi connectivity index (χ4n) is 5.04. The van der Waals surface area contributed by atoms with Crippen molar-refractivity contribution in [2.45, 2.75) is 44.9 Å². The predicted molar refractivity (Wildman–Crippen MR) is 133 cm³/mol. The number of hydrogen-bond donors (Lipinski definition) is 2. The van der Waals surface area contributed by atoms with E-state index in [2.05, 4.69) is 5.32 Å². The van der Waals surface area contributed by atoms with Gasteiger partial charge in [-0.1, -0.05) is 25.7 Å². The van der Waals surface area contributed by atoms with Crippen LogP contribution < -0.4 is 15.2 Å². The number of methoxy groups -OCH3 is 1. The van der Waals surface area contributed by atoms with Gasteiger partial charge in [0.25, 0.3) is 5.91 Å². The van der Waals surface area contributed by atoms with Gasteiger partial charge >= 0.3 is 5.97 Å². The Kier molecular flexibility index (Phi) is 6.92. The molecular formula is C26H30F2N2O5Si. The highest BCUT2D eigenvalue weighted by Crippen LogP contribution is 2.45. The first-order chi connectivity index (χ1) is 16.9. The number of aliphatic carboxylic acids is 1. The Balaban J connectivity index is 1.65. The number of benzene rings is 2. The van der Waals surface area contributed by atoms with Crippen molar-refractivity contribution < 1.29 is 33.0 Å². The Morgan fingerprint density at radius 3 is 2.39 bits per heavy atom. The molecule has 1 saturated carbocycles. The third-order valence-electron chi connectivity index (χ3n) is 6.85. The Morgan fingerprint density at radius 2 is 1.81 bits per heavy atom. The summed E-state index contributed by atoms with van der Waals surface area (Å²) in [4.78, 5) is 39.4. The van der Waals surface area contributed by atoms with Crippen molar-refractivity contribution in [1.82, 2.24) is 4.90 Å². The number of carbonyl (C=O) groups excluding carboxylic acids is 2. The molecule has 2 N–H and O–H groups in total. The second kappa shape index (κ2) is 9.65. The molecule has 2 amide bonds. The van der Waals surface area contributed by atoms with E-state index >= 15 is 0 Å². The summed E-state index contributed by atoms with van der Waals surface area (Å²) in [5, 5.41) is 11.7. The number of hydrogen-bond acceptors (Lipinski definition) is 4. The minimum Gasteiger partial charge on any atom is -0.497 e. The fraction of sp³-hybridized carbons (Fsp3) is 0.423. The molecule has 0 bridgehead atoms. The van der Waals surface area contributed by atoms with Crippen LogP contribution in [0.1, 0.15) is 30.0 Å². The highest BCUT2D eigenvalue weighted by Gasteiger charge is 2.49. The molecule has 10 heteroatoms. The van der Waals surface area contributed by atoms with E-state index < -0.39 is 43.5 Å². The maximum atomic E-state index is 14.8. The minimum absolute atomic E-state index is 0.0276. The first-order valence-electron chi connectivity index (χ1n) is 11.9. The molecule has 1 fully saturated rings. The van der Waals surface area contributed by atoms with Crippen LogP contribution in [0.15, 0.2) is 30.3 Å². The molecule has 0 spiro atoms. The van der Waals surface area contributed by atoms with Crippen molar-refractivity contribution >= 4 is 36.7 Å². The molecular weight excluding hydrogens is 486 g/mol. The van der Waals surface area contributed by atoms with Gasteiger partial charge in [-0.3, -0.25) is 14.4 Å². The number of nitrogens with one attached hydrogen (secondary N) is 1. The van der Waals surface area contributed by atoms with Crippen LogP contribution in [0.2, 0.25) is 19.6 Å². The lowest BCUT2D eigenvalue weighted by Gasteiger charge is -2.37. The molecule has 3 atom stereocenters. The first kappa shape index (κ1) is 25.8. The highest BCUT2D eigenvalue weighted by atomic mass is 28.3. The predicted octanol–water partition coefficient (Wildman–Crippen LogP) is 3.69. The summed E-state index contributed by atoms with van der Waals surface area (Å²) in [5.41, 5.74) is 1.41. The number of fused-ring (bicyclic) bond motifs is 1. The van der Waals surface area contributed by atoms with Gasteiger partial charge in [-0.25, -0.2) is 8.78 Å². The van der Waals surface area contributed by atoms with Crippen LogP contribution in [0.3, 0.4) is 0 Å². The third-order valence-corrected chi connectivity index (χ3v) is 8.82. The van der Waals surface area contributed by atoms with Gasteiger partial charge < -0.3 is 20.1 Å². The van der Waals surface area contributed by atoms with Crippen LogP contribution >= 0.6 is 0 Å². The monoisotopic (exact) mass is 516 g/mol. The normalized spacial score (nSPS) is 20.9. The Bertz CT molecular complexity index is 1210. The maximum absolute atomic E-state index is 14.8. The number of nitrogens with zero attached hydrogens (tertiary/aromatic N) is 1. The summed E-state index contributed by atoms with van der Waals surface area (Å²) in [6.45, 7) is 5.75. The van der Waals surface area contributed by atoms with Crippen molar-refractivity contribution in [3.8, 4) is 5.75 Å². The lowest BCUT2D eigenvalue weighted by molar-refractivity contribution is -0.141. The van der Waals surface area contributed by atoms with Crippen LogP contribution in [-0.2, 0) is 20.8 Å². The molecule has 4 rings (SSSR count). The van der Waals surface area contributed by atoms with Crippen molar-refractivity contribution in [1.29, 1.82) is 0 Å². The number of carboxylic acids is 1. The quantitative estimate of drug-likeness (QED) is 0.548. The molecule has 1 heterocycles. The highest BCUT2D eigenvalue weighted by molar-refractivity contribution is 6.88. The molecule has 2 aromatic rings. The smallest absolute Gasteiger partial charge is 0.303 e. The lowest BCUT2D eigenvalue weighted by Crippen LogP contribution is -2.46. The number of carbonyl (C=O) groups is 3. The Labute approximate surface area is 209 Å². The average Bonchev–Trinajstić information content (AvgIpc) is 3.54. The van der Waals surface area contributed by atoms with E-state index in [0.29, 0.717) is 24.2 Å². The molecule has 0 saturated heterocycles. The zero-order chi connectivity index (χ0) is 26.4. The zero-order valence-corrected chi connectivity index (χ0v) is 21.7. The molecule has 1 aliphatic heterocycles. The molecule has 2 aliphatic rings. The molecule has 2 aromatic carbocycles. The van der Waals surface area contributed by atoms with E-state index in [4.69, 9.17) is 9.84 Å². The van der Waals surface area contributed by atoms with Crippen molar-refractivity contribution in [2.75, 3.05) is 19.0 Å². The van der Waals surface area contributed by atoms with E-state index in [9.17, 15) is 23.2 Å². The number of amides is 2. The van der Waals surface area contributed by atoms with Crippen molar-refractivity contribution in [2.24, 2.45) is 11.8 Å². The van der Waals surface area contributed by atoms with Crippen LogP contribution in [-0.4, -0.2) is 49.5 Å². The number of ether oxygens (including phenoxy) is 1. The largest absolute Gasteiger partial charge is 0.497 e. The fourth-order valence-corrected chi connectivity index (χ4v) is 6.61. The average molecular weight is 517 g/mol. The number of carboxylic acid groups (broad SMARTS) is 1. The van der Waals surface area contributed by atoms with E-state index in [-0.39, 0.29) is 35.7 Å². The number of rotatable bonds is 7. The third kappa shape index (κ3) is 5.13. The molecule has 0 aromatic heterocycles. The summed E-state index contributed by atoms with van der Waals surface area (Å²) < 4.78 is 34.9. The summed E-state index contributed by atoms with van der Waals surface area (Å²) in [7, 11) is -0.758. The van der Waals surface area contributed by atoms with Crippen LogP contribution in [0.25, 0.3) is 0 Å². The Morgan fingerprint density at radius 1 is 1.14 bits per heavy atom. The van der Waals surface area contributed by atoms with Crippen molar-refractivity contribution in [3.05, 3.63) is 53.1 Å². The van der Waals surface area contributed by atoms with Gasteiger partial charge in [0.1, 0.15) is 23.4 Å². The standard InChI is InChI=1S/C26H30F2N2O5Si/c1-35-17-5-6-18-14(9-17)7-8-30(26(34)19-10-15(19)11-22(31)32)23(18)25(33)29-16-12-20(27)24(21(28)13-16)36(2,3)4/h5-6,9,12-13,15,19,23H,7-8,10-11H2,1-4H3,(H,29,33)(H,31,32)/t15-,19+,23?/m1/s1. The second-order valence-corrected chi connectivity index (χ2v) is 15.5. The maximum Gasteiger partial charge on any atom is 0.303 e. The van der Waals surface area contributed by atoms with Crippen LogP contribution in [0.5, 0.6) is 5.75 Å². The van der Waals surface area contributed by atoms with Gasteiger partial charge in [0.15, 0.2) is 0 Å². The zero-order valence-electron chi connectivity index (χ0n) is 20.7. The second-order valence-electron chi connectivity index (χ2n) is 10.5. The SMILES string of the molecule is COc1ccc2c(c1)CCN(C(=O)[C@H]1C[C@@H]1CC(=O)O)C2C(=O)Nc1cc(F)c([Si](C)(C)C)c(F)c1. The van der Waals surface area contributed by atoms with Gasteiger partial charge in [-0.05, 0) is 54.2 Å². The van der Waals surface area contributed by atoms with E-state index in [1.807, 2.05) is 25.7 Å². The van der Waals surface area contributed by atoms with E-state index in [1.165, 1.54) is 12.0 Å². The lowest BCUT2D eigenvalue weighted by atomic mass is 9.91. The summed E-state index contributed by atoms with van der Waals surface area (Å²) in [6, 6.07) is 6.42. The van der Waals surface area contributed by atoms with Gasteiger partial charge in [0.2, 0.25) is 5.91 Å². The van der Waals surface area contributed by atoms with E-state index in [1.54, 1.807) is 12.1 Å².